The Labute approximate surface area is 107 Å². The Morgan fingerprint density at radius 1 is 1.65 bits per heavy atom. The Kier molecular flexibility index (Phi) is 4.74. The minimum Gasteiger partial charge on any atom is -0.378 e. The molecular formula is C12H18ClN3O. The molecule has 0 bridgehead atoms. The van der Waals surface area contributed by atoms with Crippen molar-refractivity contribution in [3.8, 4) is 0 Å². The number of likely N-dealkylation sites (N-methyl/N-ethyl adjacent to an activating group) is 1. The molecule has 5 heteroatoms. The van der Waals surface area contributed by atoms with E-state index in [1.807, 2.05) is 13.1 Å². The molecule has 1 unspecified atom stereocenters. The molecule has 1 aliphatic rings. The molecule has 0 aliphatic carbocycles. The summed E-state index contributed by atoms with van der Waals surface area (Å²) < 4.78 is 5.51. The molecule has 1 atom stereocenters. The zero-order chi connectivity index (χ0) is 12.1. The fourth-order valence-electron chi connectivity index (χ4n) is 2.07. The van der Waals surface area contributed by atoms with E-state index in [0.29, 0.717) is 6.04 Å². The van der Waals surface area contributed by atoms with E-state index in [9.17, 15) is 0 Å². The molecule has 1 aromatic rings. The van der Waals surface area contributed by atoms with Crippen molar-refractivity contribution in [3.63, 3.8) is 0 Å². The van der Waals surface area contributed by atoms with Gasteiger partial charge in [-0.25, -0.2) is 0 Å². The highest BCUT2D eigenvalue weighted by molar-refractivity contribution is 6.31. The largest absolute Gasteiger partial charge is 0.378 e. The zero-order valence-electron chi connectivity index (χ0n) is 10.0. The fraction of sp³-hybridized carbons (Fsp3) is 0.583. The van der Waals surface area contributed by atoms with Crippen molar-refractivity contribution in [2.75, 3.05) is 33.4 Å². The normalized spacial score (nSPS) is 21.6. The summed E-state index contributed by atoms with van der Waals surface area (Å²) in [4.78, 5) is 6.41. The van der Waals surface area contributed by atoms with Crippen LogP contribution in [0.15, 0.2) is 18.5 Å². The third-order valence-electron chi connectivity index (χ3n) is 3.02. The van der Waals surface area contributed by atoms with Gasteiger partial charge in [-0.3, -0.25) is 9.88 Å². The number of rotatable bonds is 4. The Bertz CT molecular complexity index is 359. The lowest BCUT2D eigenvalue weighted by molar-refractivity contribution is -0.0103. The molecule has 2 heterocycles. The van der Waals surface area contributed by atoms with Gasteiger partial charge in [-0.15, -0.1) is 0 Å². The van der Waals surface area contributed by atoms with Gasteiger partial charge in [0.2, 0.25) is 0 Å². The minimum atomic E-state index is 0.415. The lowest BCUT2D eigenvalue weighted by Crippen LogP contribution is -2.49. The van der Waals surface area contributed by atoms with Crippen LogP contribution >= 0.6 is 11.6 Å². The lowest BCUT2D eigenvalue weighted by atomic mass is 10.1. The number of aromatic nitrogens is 1. The van der Waals surface area contributed by atoms with Crippen molar-refractivity contribution in [3.05, 3.63) is 29.0 Å². The van der Waals surface area contributed by atoms with Crippen molar-refractivity contribution < 1.29 is 4.74 Å². The van der Waals surface area contributed by atoms with Crippen LogP contribution < -0.4 is 5.32 Å². The summed E-state index contributed by atoms with van der Waals surface area (Å²) in [5.74, 6) is 0. The number of pyridine rings is 1. The highest BCUT2D eigenvalue weighted by atomic mass is 35.5. The average molecular weight is 256 g/mol. The van der Waals surface area contributed by atoms with E-state index in [1.54, 1.807) is 12.4 Å². The van der Waals surface area contributed by atoms with Crippen LogP contribution in [-0.4, -0.2) is 49.3 Å². The molecule has 1 N–H and O–H groups in total. The zero-order valence-corrected chi connectivity index (χ0v) is 10.8. The second kappa shape index (κ2) is 6.31. The summed E-state index contributed by atoms with van der Waals surface area (Å²) in [7, 11) is 1.96. The molecule has 1 fully saturated rings. The molecule has 17 heavy (non-hydrogen) atoms. The summed E-state index contributed by atoms with van der Waals surface area (Å²) in [5, 5.41) is 3.94. The number of nitrogens with zero attached hydrogens (tertiary/aromatic N) is 2. The second-order valence-electron chi connectivity index (χ2n) is 4.22. The third-order valence-corrected chi connectivity index (χ3v) is 3.36. The molecular weight excluding hydrogens is 238 g/mol. The quantitative estimate of drug-likeness (QED) is 0.876. The maximum atomic E-state index is 6.13. The molecule has 1 saturated heterocycles. The van der Waals surface area contributed by atoms with E-state index in [0.717, 1.165) is 43.4 Å². The molecule has 94 valence electrons. The molecule has 4 nitrogen and oxygen atoms in total. The molecule has 2 rings (SSSR count). The second-order valence-corrected chi connectivity index (χ2v) is 4.63. The summed E-state index contributed by atoms with van der Waals surface area (Å²) in [6.07, 6.45) is 3.49. The minimum absolute atomic E-state index is 0.415. The number of nitrogens with one attached hydrogen (secondary N) is 1. The molecule has 0 radical (unpaired) electrons. The summed E-state index contributed by atoms with van der Waals surface area (Å²) in [6, 6.07) is 2.40. The average Bonchev–Trinajstić information content (AvgIpc) is 2.35. The van der Waals surface area contributed by atoms with Gasteiger partial charge in [0.1, 0.15) is 0 Å². The Hall–Kier alpha value is -0.680. The first-order valence-corrected chi connectivity index (χ1v) is 6.24. The van der Waals surface area contributed by atoms with Crippen molar-refractivity contribution >= 4 is 11.6 Å². The molecule has 0 saturated carbocycles. The number of hydrogen-bond acceptors (Lipinski definition) is 4. The summed E-state index contributed by atoms with van der Waals surface area (Å²) in [6.45, 7) is 4.32. The van der Waals surface area contributed by atoms with Crippen LogP contribution in [0.2, 0.25) is 5.02 Å². The van der Waals surface area contributed by atoms with Crippen LogP contribution in [0.5, 0.6) is 0 Å². The SMILES string of the molecule is CNCC1COCCN1Cc1ccncc1Cl. The van der Waals surface area contributed by atoms with E-state index in [1.165, 1.54) is 0 Å². The smallest absolute Gasteiger partial charge is 0.0635 e. The molecule has 0 amide bonds. The van der Waals surface area contributed by atoms with Crippen LogP contribution in [-0.2, 0) is 11.3 Å². The van der Waals surface area contributed by atoms with E-state index in [4.69, 9.17) is 16.3 Å². The van der Waals surface area contributed by atoms with E-state index < -0.39 is 0 Å². The van der Waals surface area contributed by atoms with Crippen LogP contribution in [0.4, 0.5) is 0 Å². The van der Waals surface area contributed by atoms with Gasteiger partial charge in [0.15, 0.2) is 0 Å². The monoisotopic (exact) mass is 255 g/mol. The fourth-order valence-corrected chi connectivity index (χ4v) is 2.25. The third kappa shape index (κ3) is 3.39. The predicted octanol–water partition coefficient (Wildman–Crippen LogP) is 1.16. The summed E-state index contributed by atoms with van der Waals surface area (Å²) in [5.41, 5.74) is 1.13. The van der Waals surface area contributed by atoms with Gasteiger partial charge in [0.25, 0.3) is 0 Å². The number of morpholine rings is 1. The van der Waals surface area contributed by atoms with Crippen LogP contribution in [0.1, 0.15) is 5.56 Å². The lowest BCUT2D eigenvalue weighted by Gasteiger charge is -2.35. The van der Waals surface area contributed by atoms with Crippen molar-refractivity contribution in [2.24, 2.45) is 0 Å². The first-order valence-electron chi connectivity index (χ1n) is 5.86. The van der Waals surface area contributed by atoms with Crippen LogP contribution in [0.25, 0.3) is 0 Å². The first-order chi connectivity index (χ1) is 8.31. The van der Waals surface area contributed by atoms with E-state index in [-0.39, 0.29) is 0 Å². The maximum absolute atomic E-state index is 6.13. The van der Waals surface area contributed by atoms with Crippen LogP contribution in [0.3, 0.4) is 0 Å². The number of hydrogen-bond donors (Lipinski definition) is 1. The first kappa shape index (κ1) is 12.8. The highest BCUT2D eigenvalue weighted by Gasteiger charge is 2.22. The van der Waals surface area contributed by atoms with Crippen molar-refractivity contribution in [1.29, 1.82) is 0 Å². The molecule has 0 aromatic carbocycles. The van der Waals surface area contributed by atoms with Gasteiger partial charge < -0.3 is 10.1 Å². The van der Waals surface area contributed by atoms with Crippen molar-refractivity contribution in [2.45, 2.75) is 12.6 Å². The van der Waals surface area contributed by atoms with E-state index >= 15 is 0 Å². The molecule has 1 aliphatic heterocycles. The predicted molar refractivity (Wildman–Crippen MR) is 68.2 cm³/mol. The Morgan fingerprint density at radius 3 is 3.29 bits per heavy atom. The Balaban J connectivity index is 2.03. The standard InChI is InChI=1S/C12H18ClN3O/c1-14-6-11-9-17-5-4-16(11)8-10-2-3-15-7-12(10)13/h2-3,7,11,14H,4-6,8-9H2,1H3. The highest BCUT2D eigenvalue weighted by Crippen LogP contribution is 2.18. The number of halogens is 1. The van der Waals surface area contributed by atoms with Gasteiger partial charge in [0, 0.05) is 38.1 Å². The van der Waals surface area contributed by atoms with Gasteiger partial charge in [0.05, 0.1) is 18.2 Å². The van der Waals surface area contributed by atoms with Gasteiger partial charge in [-0.1, -0.05) is 11.6 Å². The van der Waals surface area contributed by atoms with Gasteiger partial charge >= 0.3 is 0 Å². The van der Waals surface area contributed by atoms with E-state index in [2.05, 4.69) is 15.2 Å². The molecule has 1 aromatic heterocycles. The summed E-state index contributed by atoms with van der Waals surface area (Å²) >= 11 is 6.13. The van der Waals surface area contributed by atoms with Gasteiger partial charge in [-0.2, -0.15) is 0 Å². The number of ether oxygens (including phenoxy) is 1. The van der Waals surface area contributed by atoms with Crippen molar-refractivity contribution in [1.82, 2.24) is 15.2 Å². The maximum Gasteiger partial charge on any atom is 0.0635 e. The van der Waals surface area contributed by atoms with Crippen LogP contribution in [0, 0.1) is 0 Å². The van der Waals surface area contributed by atoms with Gasteiger partial charge in [-0.05, 0) is 18.7 Å². The Morgan fingerprint density at radius 2 is 2.53 bits per heavy atom. The molecule has 0 spiro atoms. The topological polar surface area (TPSA) is 37.4 Å².